The standard InChI is InChI=1S/C11H11Cl2NO3/c1-17-10(16)5-9(14-6-15)7-3-2-4-8(12)11(7)13/h2-4,6,9H,5H2,1H3,(H,14,15). The van der Waals surface area contributed by atoms with Gasteiger partial charge >= 0.3 is 5.97 Å². The summed E-state index contributed by atoms with van der Waals surface area (Å²) in [5.74, 6) is -0.444. The molecule has 0 aliphatic rings. The summed E-state index contributed by atoms with van der Waals surface area (Å²) in [5, 5.41) is 3.19. The molecule has 1 aromatic carbocycles. The molecule has 1 amide bonds. The van der Waals surface area contributed by atoms with Crippen LogP contribution in [0.2, 0.25) is 10.0 Å². The van der Waals surface area contributed by atoms with Crippen molar-refractivity contribution < 1.29 is 14.3 Å². The second-order valence-corrected chi connectivity index (χ2v) is 4.05. The Morgan fingerprint density at radius 2 is 2.24 bits per heavy atom. The number of esters is 1. The zero-order chi connectivity index (χ0) is 12.8. The molecular formula is C11H11Cl2NO3. The summed E-state index contributed by atoms with van der Waals surface area (Å²) in [7, 11) is 1.28. The van der Waals surface area contributed by atoms with Crippen molar-refractivity contribution in [1.29, 1.82) is 0 Å². The second kappa shape index (κ2) is 6.47. The predicted octanol–water partition coefficient (Wildman–Crippen LogP) is 2.34. The van der Waals surface area contributed by atoms with E-state index in [1.54, 1.807) is 18.2 Å². The van der Waals surface area contributed by atoms with Gasteiger partial charge < -0.3 is 10.1 Å². The van der Waals surface area contributed by atoms with E-state index in [1.165, 1.54) is 7.11 Å². The van der Waals surface area contributed by atoms with Gasteiger partial charge in [0, 0.05) is 0 Å². The lowest BCUT2D eigenvalue weighted by Gasteiger charge is -2.17. The van der Waals surface area contributed by atoms with Crippen molar-refractivity contribution in [2.24, 2.45) is 0 Å². The molecule has 1 unspecified atom stereocenters. The van der Waals surface area contributed by atoms with Gasteiger partial charge in [0.2, 0.25) is 6.41 Å². The normalized spacial score (nSPS) is 11.7. The lowest BCUT2D eigenvalue weighted by Crippen LogP contribution is -2.23. The van der Waals surface area contributed by atoms with Crippen molar-refractivity contribution in [1.82, 2.24) is 5.32 Å². The second-order valence-electron chi connectivity index (χ2n) is 3.26. The number of rotatable bonds is 5. The maximum Gasteiger partial charge on any atom is 0.307 e. The van der Waals surface area contributed by atoms with Crippen LogP contribution in [0.4, 0.5) is 0 Å². The van der Waals surface area contributed by atoms with Crippen LogP contribution in [-0.2, 0) is 14.3 Å². The molecule has 92 valence electrons. The highest BCUT2D eigenvalue weighted by molar-refractivity contribution is 6.42. The summed E-state index contributed by atoms with van der Waals surface area (Å²) in [6.45, 7) is 0. The monoisotopic (exact) mass is 275 g/mol. The Kier molecular flexibility index (Phi) is 5.25. The number of nitrogens with one attached hydrogen (secondary N) is 1. The molecule has 0 aliphatic heterocycles. The summed E-state index contributed by atoms with van der Waals surface area (Å²) in [6, 6.07) is 4.47. The Morgan fingerprint density at radius 1 is 1.53 bits per heavy atom. The van der Waals surface area contributed by atoms with E-state index < -0.39 is 12.0 Å². The number of amides is 1. The van der Waals surface area contributed by atoms with E-state index in [4.69, 9.17) is 23.2 Å². The highest BCUT2D eigenvalue weighted by atomic mass is 35.5. The minimum Gasteiger partial charge on any atom is -0.469 e. The number of carbonyl (C=O) groups is 2. The molecule has 0 aliphatic carbocycles. The quantitative estimate of drug-likeness (QED) is 0.663. The Bertz CT molecular complexity index is 423. The van der Waals surface area contributed by atoms with Crippen molar-refractivity contribution in [3.05, 3.63) is 33.8 Å². The van der Waals surface area contributed by atoms with Crippen molar-refractivity contribution in [2.75, 3.05) is 7.11 Å². The van der Waals surface area contributed by atoms with Crippen LogP contribution in [0.1, 0.15) is 18.0 Å². The van der Waals surface area contributed by atoms with Gasteiger partial charge in [-0.2, -0.15) is 0 Å². The fraction of sp³-hybridized carbons (Fsp3) is 0.273. The average Bonchev–Trinajstić information content (AvgIpc) is 2.32. The largest absolute Gasteiger partial charge is 0.469 e. The molecule has 1 rings (SSSR count). The number of hydrogen-bond acceptors (Lipinski definition) is 3. The SMILES string of the molecule is COC(=O)CC(NC=O)c1cccc(Cl)c1Cl. The molecule has 17 heavy (non-hydrogen) atoms. The molecule has 0 fully saturated rings. The van der Waals surface area contributed by atoms with E-state index in [0.717, 1.165) is 0 Å². The highest BCUT2D eigenvalue weighted by Crippen LogP contribution is 2.31. The fourth-order valence-electron chi connectivity index (χ4n) is 1.38. The van der Waals surface area contributed by atoms with Gasteiger partial charge in [0.15, 0.2) is 0 Å². The summed E-state index contributed by atoms with van der Waals surface area (Å²) in [6.07, 6.45) is 0.500. The van der Waals surface area contributed by atoms with Gasteiger partial charge in [-0.3, -0.25) is 9.59 Å². The Morgan fingerprint density at radius 3 is 2.82 bits per heavy atom. The highest BCUT2D eigenvalue weighted by Gasteiger charge is 2.19. The molecule has 4 nitrogen and oxygen atoms in total. The van der Waals surface area contributed by atoms with Crippen molar-refractivity contribution >= 4 is 35.6 Å². The van der Waals surface area contributed by atoms with Crippen LogP contribution in [0.3, 0.4) is 0 Å². The van der Waals surface area contributed by atoms with E-state index >= 15 is 0 Å². The molecule has 0 spiro atoms. The molecule has 0 aromatic heterocycles. The van der Waals surface area contributed by atoms with E-state index in [-0.39, 0.29) is 6.42 Å². The van der Waals surface area contributed by atoms with E-state index in [0.29, 0.717) is 22.0 Å². The molecule has 0 saturated heterocycles. The Balaban J connectivity index is 3.00. The van der Waals surface area contributed by atoms with Gasteiger partial charge in [-0.25, -0.2) is 0 Å². The first kappa shape index (κ1) is 13.8. The molecule has 1 N–H and O–H groups in total. The van der Waals surface area contributed by atoms with Crippen LogP contribution in [-0.4, -0.2) is 19.5 Å². The van der Waals surface area contributed by atoms with Gasteiger partial charge in [-0.05, 0) is 11.6 Å². The van der Waals surface area contributed by atoms with Gasteiger partial charge in [-0.1, -0.05) is 35.3 Å². The van der Waals surface area contributed by atoms with Crippen LogP contribution in [0, 0.1) is 0 Å². The number of carbonyl (C=O) groups excluding carboxylic acids is 2. The van der Waals surface area contributed by atoms with Crippen LogP contribution in [0.25, 0.3) is 0 Å². The third kappa shape index (κ3) is 3.61. The number of ether oxygens (including phenoxy) is 1. The van der Waals surface area contributed by atoms with Crippen LogP contribution < -0.4 is 5.32 Å². The molecule has 1 atom stereocenters. The molecule has 1 aromatic rings. The van der Waals surface area contributed by atoms with Crippen molar-refractivity contribution in [3.63, 3.8) is 0 Å². The predicted molar refractivity (Wildman–Crippen MR) is 65.0 cm³/mol. The molecule has 0 bridgehead atoms. The smallest absolute Gasteiger partial charge is 0.307 e. The number of methoxy groups -OCH3 is 1. The van der Waals surface area contributed by atoms with E-state index in [9.17, 15) is 9.59 Å². The lowest BCUT2D eigenvalue weighted by atomic mass is 10.0. The molecular weight excluding hydrogens is 265 g/mol. The van der Waals surface area contributed by atoms with Crippen molar-refractivity contribution in [3.8, 4) is 0 Å². The maximum absolute atomic E-state index is 11.2. The number of halogens is 2. The third-order valence-corrected chi connectivity index (χ3v) is 3.06. The van der Waals surface area contributed by atoms with E-state index in [1.807, 2.05) is 0 Å². The maximum atomic E-state index is 11.2. The minimum absolute atomic E-state index is 0.00466. The Hall–Kier alpha value is -1.26. The zero-order valence-corrected chi connectivity index (χ0v) is 10.6. The summed E-state index contributed by atoms with van der Waals surface area (Å²) in [4.78, 5) is 21.7. The van der Waals surface area contributed by atoms with Crippen LogP contribution in [0.15, 0.2) is 18.2 Å². The molecule has 0 heterocycles. The van der Waals surface area contributed by atoms with Gasteiger partial charge in [0.05, 0.1) is 29.6 Å². The van der Waals surface area contributed by atoms with Gasteiger partial charge in [0.25, 0.3) is 0 Å². The van der Waals surface area contributed by atoms with E-state index in [2.05, 4.69) is 10.1 Å². The van der Waals surface area contributed by atoms with Gasteiger partial charge in [-0.15, -0.1) is 0 Å². The first-order chi connectivity index (χ1) is 8.10. The molecule has 0 saturated carbocycles. The van der Waals surface area contributed by atoms with Crippen molar-refractivity contribution in [2.45, 2.75) is 12.5 Å². The summed E-state index contributed by atoms with van der Waals surface area (Å²) < 4.78 is 4.55. The average molecular weight is 276 g/mol. The first-order valence-electron chi connectivity index (χ1n) is 4.80. The fourth-order valence-corrected chi connectivity index (χ4v) is 1.82. The zero-order valence-electron chi connectivity index (χ0n) is 9.07. The minimum atomic E-state index is -0.550. The molecule has 0 radical (unpaired) electrons. The van der Waals surface area contributed by atoms with Crippen LogP contribution >= 0.6 is 23.2 Å². The first-order valence-corrected chi connectivity index (χ1v) is 5.56. The third-order valence-electron chi connectivity index (χ3n) is 2.22. The molecule has 6 heteroatoms. The lowest BCUT2D eigenvalue weighted by molar-refractivity contribution is -0.141. The number of benzene rings is 1. The number of hydrogen-bond donors (Lipinski definition) is 1. The summed E-state index contributed by atoms with van der Waals surface area (Å²) >= 11 is 11.9. The van der Waals surface area contributed by atoms with Gasteiger partial charge in [0.1, 0.15) is 0 Å². The summed E-state index contributed by atoms with van der Waals surface area (Å²) in [5.41, 5.74) is 0.580. The van der Waals surface area contributed by atoms with Crippen LogP contribution in [0.5, 0.6) is 0 Å². The Labute approximate surface area is 109 Å². The topological polar surface area (TPSA) is 55.4 Å².